The van der Waals surface area contributed by atoms with Gasteiger partial charge in [-0.1, -0.05) is 6.92 Å². The SMILES string of the molecule is CC1CCCN(C(=O)C2CC(=O)N(c3ccc(C#N)cc3)C2)C1. The highest BCUT2D eigenvalue weighted by Gasteiger charge is 2.37. The predicted octanol–water partition coefficient (Wildman–Crippen LogP) is 2.17. The smallest absolute Gasteiger partial charge is 0.228 e. The van der Waals surface area contributed by atoms with Gasteiger partial charge >= 0.3 is 0 Å². The molecule has 2 saturated heterocycles. The van der Waals surface area contributed by atoms with Gasteiger partial charge in [-0.25, -0.2) is 0 Å². The molecule has 2 atom stereocenters. The summed E-state index contributed by atoms with van der Waals surface area (Å²) < 4.78 is 0. The number of nitriles is 1. The van der Waals surface area contributed by atoms with E-state index in [1.54, 1.807) is 29.2 Å². The molecule has 2 aliphatic rings. The number of hydrogen-bond donors (Lipinski definition) is 0. The lowest BCUT2D eigenvalue weighted by Gasteiger charge is -2.32. The van der Waals surface area contributed by atoms with E-state index in [2.05, 4.69) is 13.0 Å². The van der Waals surface area contributed by atoms with Crippen LogP contribution < -0.4 is 4.90 Å². The third-order valence-corrected chi connectivity index (χ3v) is 4.75. The Morgan fingerprint density at radius 1 is 1.26 bits per heavy atom. The maximum atomic E-state index is 12.7. The van der Waals surface area contributed by atoms with Gasteiger partial charge in [0.05, 0.1) is 17.6 Å². The molecule has 0 spiro atoms. The third kappa shape index (κ3) is 3.21. The number of benzene rings is 1. The second kappa shape index (κ2) is 6.41. The van der Waals surface area contributed by atoms with Crippen molar-refractivity contribution in [1.82, 2.24) is 4.90 Å². The highest BCUT2D eigenvalue weighted by molar-refractivity contribution is 6.00. The molecule has 2 fully saturated rings. The number of anilines is 1. The summed E-state index contributed by atoms with van der Waals surface area (Å²) in [7, 11) is 0. The van der Waals surface area contributed by atoms with Crippen LogP contribution in [0.3, 0.4) is 0 Å². The number of hydrogen-bond acceptors (Lipinski definition) is 3. The van der Waals surface area contributed by atoms with E-state index >= 15 is 0 Å². The average molecular weight is 311 g/mol. The van der Waals surface area contributed by atoms with E-state index in [0.717, 1.165) is 25.2 Å². The first-order chi connectivity index (χ1) is 11.1. The molecule has 1 aromatic rings. The Bertz CT molecular complexity index is 647. The van der Waals surface area contributed by atoms with Crippen molar-refractivity contribution in [3.05, 3.63) is 29.8 Å². The van der Waals surface area contributed by atoms with Crippen LogP contribution in [-0.2, 0) is 9.59 Å². The van der Waals surface area contributed by atoms with Gasteiger partial charge in [-0.3, -0.25) is 9.59 Å². The van der Waals surface area contributed by atoms with Crippen LogP contribution in [0.5, 0.6) is 0 Å². The molecule has 5 nitrogen and oxygen atoms in total. The standard InChI is InChI=1S/C18H21N3O2/c1-13-3-2-8-20(11-13)18(23)15-9-17(22)21(12-15)16-6-4-14(10-19)5-7-16/h4-7,13,15H,2-3,8-9,11-12H2,1H3. The van der Waals surface area contributed by atoms with Crippen LogP contribution in [0, 0.1) is 23.2 Å². The minimum absolute atomic E-state index is 0.0156. The summed E-state index contributed by atoms with van der Waals surface area (Å²) in [5.41, 5.74) is 1.33. The molecule has 2 aliphatic heterocycles. The Balaban J connectivity index is 1.69. The monoisotopic (exact) mass is 311 g/mol. The molecular formula is C18H21N3O2. The number of amides is 2. The summed E-state index contributed by atoms with van der Waals surface area (Å²) in [5.74, 6) is 0.391. The van der Waals surface area contributed by atoms with Crippen molar-refractivity contribution in [2.24, 2.45) is 11.8 Å². The van der Waals surface area contributed by atoms with Crippen LogP contribution in [0.1, 0.15) is 31.7 Å². The van der Waals surface area contributed by atoms with E-state index in [-0.39, 0.29) is 24.2 Å². The molecule has 0 radical (unpaired) electrons. The molecule has 0 bridgehead atoms. The second-order valence-electron chi connectivity index (χ2n) is 6.60. The first kappa shape index (κ1) is 15.5. The fourth-order valence-corrected chi connectivity index (χ4v) is 3.49. The number of carbonyl (C=O) groups excluding carboxylic acids is 2. The van der Waals surface area contributed by atoms with E-state index in [1.165, 1.54) is 6.42 Å². The molecule has 23 heavy (non-hydrogen) atoms. The van der Waals surface area contributed by atoms with Crippen molar-refractivity contribution in [2.45, 2.75) is 26.2 Å². The Morgan fingerprint density at radius 3 is 2.65 bits per heavy atom. The largest absolute Gasteiger partial charge is 0.342 e. The van der Waals surface area contributed by atoms with Gasteiger partial charge in [0.1, 0.15) is 0 Å². The van der Waals surface area contributed by atoms with Gasteiger partial charge in [-0.05, 0) is 43.0 Å². The lowest BCUT2D eigenvalue weighted by Crippen LogP contribution is -2.43. The van der Waals surface area contributed by atoms with Crippen molar-refractivity contribution < 1.29 is 9.59 Å². The first-order valence-electron chi connectivity index (χ1n) is 8.18. The van der Waals surface area contributed by atoms with Gasteiger partial charge in [0.15, 0.2) is 0 Å². The lowest BCUT2D eigenvalue weighted by molar-refractivity contribution is -0.137. The normalized spacial score (nSPS) is 24.6. The van der Waals surface area contributed by atoms with Gasteiger partial charge in [-0.15, -0.1) is 0 Å². The molecule has 2 amide bonds. The average Bonchev–Trinajstić information content (AvgIpc) is 2.96. The summed E-state index contributed by atoms with van der Waals surface area (Å²) in [4.78, 5) is 28.5. The van der Waals surface area contributed by atoms with Crippen molar-refractivity contribution >= 4 is 17.5 Å². The molecule has 3 rings (SSSR count). The van der Waals surface area contributed by atoms with E-state index in [0.29, 0.717) is 18.0 Å². The fraction of sp³-hybridized carbons (Fsp3) is 0.500. The zero-order valence-electron chi connectivity index (χ0n) is 13.4. The minimum atomic E-state index is -0.247. The third-order valence-electron chi connectivity index (χ3n) is 4.75. The Hall–Kier alpha value is -2.35. The molecular weight excluding hydrogens is 290 g/mol. The quantitative estimate of drug-likeness (QED) is 0.841. The molecule has 2 unspecified atom stereocenters. The molecule has 2 heterocycles. The van der Waals surface area contributed by atoms with Gasteiger partial charge < -0.3 is 9.80 Å². The summed E-state index contributed by atoms with van der Waals surface area (Å²) >= 11 is 0. The van der Waals surface area contributed by atoms with E-state index in [9.17, 15) is 9.59 Å². The maximum absolute atomic E-state index is 12.7. The molecule has 0 aromatic heterocycles. The number of carbonyl (C=O) groups is 2. The van der Waals surface area contributed by atoms with Crippen molar-refractivity contribution in [3.63, 3.8) is 0 Å². The Labute approximate surface area is 136 Å². The summed E-state index contributed by atoms with van der Waals surface area (Å²) in [5, 5.41) is 8.85. The van der Waals surface area contributed by atoms with Crippen LogP contribution in [0.15, 0.2) is 24.3 Å². The maximum Gasteiger partial charge on any atom is 0.228 e. The zero-order valence-corrected chi connectivity index (χ0v) is 13.4. The molecule has 1 aromatic carbocycles. The van der Waals surface area contributed by atoms with Gasteiger partial charge in [-0.2, -0.15) is 5.26 Å². The van der Waals surface area contributed by atoms with Crippen molar-refractivity contribution in [3.8, 4) is 6.07 Å². The van der Waals surface area contributed by atoms with Crippen molar-refractivity contribution in [1.29, 1.82) is 5.26 Å². The molecule has 0 N–H and O–H groups in total. The van der Waals surface area contributed by atoms with E-state index in [4.69, 9.17) is 5.26 Å². The lowest BCUT2D eigenvalue weighted by atomic mass is 9.98. The minimum Gasteiger partial charge on any atom is -0.342 e. The van der Waals surface area contributed by atoms with Crippen LogP contribution in [0.4, 0.5) is 5.69 Å². The van der Waals surface area contributed by atoms with Crippen LogP contribution in [0.2, 0.25) is 0 Å². The predicted molar refractivity (Wildman–Crippen MR) is 86.6 cm³/mol. The van der Waals surface area contributed by atoms with Crippen LogP contribution in [-0.4, -0.2) is 36.3 Å². The van der Waals surface area contributed by atoms with Crippen molar-refractivity contribution in [2.75, 3.05) is 24.5 Å². The number of piperidine rings is 1. The number of likely N-dealkylation sites (tertiary alicyclic amines) is 1. The second-order valence-corrected chi connectivity index (χ2v) is 6.60. The zero-order chi connectivity index (χ0) is 16.4. The molecule has 120 valence electrons. The summed E-state index contributed by atoms with van der Waals surface area (Å²) in [6, 6.07) is 9.00. The molecule has 0 aliphatic carbocycles. The Kier molecular flexibility index (Phi) is 4.33. The summed E-state index contributed by atoms with van der Waals surface area (Å²) in [6.07, 6.45) is 2.50. The van der Waals surface area contributed by atoms with E-state index < -0.39 is 0 Å². The van der Waals surface area contributed by atoms with Crippen LogP contribution in [0.25, 0.3) is 0 Å². The summed E-state index contributed by atoms with van der Waals surface area (Å²) in [6.45, 7) is 4.22. The van der Waals surface area contributed by atoms with Crippen LogP contribution >= 0.6 is 0 Å². The fourth-order valence-electron chi connectivity index (χ4n) is 3.49. The Morgan fingerprint density at radius 2 is 2.00 bits per heavy atom. The number of rotatable bonds is 2. The van der Waals surface area contributed by atoms with Gasteiger partial charge in [0, 0.05) is 31.7 Å². The molecule has 0 saturated carbocycles. The number of nitrogens with zero attached hydrogens (tertiary/aromatic N) is 3. The highest BCUT2D eigenvalue weighted by Crippen LogP contribution is 2.28. The van der Waals surface area contributed by atoms with E-state index in [1.807, 2.05) is 4.90 Å². The first-order valence-corrected chi connectivity index (χ1v) is 8.18. The molecule has 5 heteroatoms. The van der Waals surface area contributed by atoms with Gasteiger partial charge in [0.25, 0.3) is 0 Å². The van der Waals surface area contributed by atoms with Gasteiger partial charge in [0.2, 0.25) is 11.8 Å². The topological polar surface area (TPSA) is 64.4 Å². The highest BCUT2D eigenvalue weighted by atomic mass is 16.2.